The molecule has 0 saturated carbocycles. The lowest BCUT2D eigenvalue weighted by Gasteiger charge is -2.38. The summed E-state index contributed by atoms with van der Waals surface area (Å²) in [6.07, 6.45) is -0.561. The number of hydrogen-bond acceptors (Lipinski definition) is 5. The highest BCUT2D eigenvalue weighted by Crippen LogP contribution is 2.18. The lowest BCUT2D eigenvalue weighted by molar-refractivity contribution is -0.270. The maximum absolute atomic E-state index is 11.0. The first-order valence-corrected chi connectivity index (χ1v) is 7.79. The van der Waals surface area contributed by atoms with E-state index in [-0.39, 0.29) is 0 Å². The molecule has 18 heavy (non-hydrogen) atoms. The molecule has 6 nitrogen and oxygen atoms in total. The smallest absolute Gasteiger partial charge is 0.500 e. The highest BCUT2D eigenvalue weighted by atomic mass is 28.4. The Morgan fingerprint density at radius 3 is 1.89 bits per heavy atom. The molecule has 0 N–H and O–H groups in total. The number of carbonyl (C=O) groups excluding carboxylic acids is 1. The van der Waals surface area contributed by atoms with Crippen molar-refractivity contribution in [2.45, 2.75) is 38.8 Å². The largest absolute Gasteiger partial charge is 0.530 e. The zero-order valence-corrected chi connectivity index (χ0v) is 13.1. The molecule has 0 spiro atoms. The fraction of sp³-hybridized carbons (Fsp3) is 0.909. The molecule has 0 aliphatic carbocycles. The summed E-state index contributed by atoms with van der Waals surface area (Å²) in [6.45, 7) is 5.86. The minimum atomic E-state index is -2.62. The Morgan fingerprint density at radius 2 is 1.61 bits per heavy atom. The van der Waals surface area contributed by atoms with Gasteiger partial charge in [-0.1, -0.05) is 0 Å². The van der Waals surface area contributed by atoms with E-state index in [1.54, 1.807) is 21.3 Å². The zero-order chi connectivity index (χ0) is 14.4. The summed E-state index contributed by atoms with van der Waals surface area (Å²) in [6, 6.07) is 0.566. The third-order valence-electron chi connectivity index (χ3n) is 2.83. The molecule has 1 amide bonds. The highest BCUT2D eigenvalue weighted by molar-refractivity contribution is 6.60. The summed E-state index contributed by atoms with van der Waals surface area (Å²) in [7, 11) is 2.01. The van der Waals surface area contributed by atoms with Gasteiger partial charge in [0.2, 0.25) is 0 Å². The van der Waals surface area contributed by atoms with Crippen molar-refractivity contribution in [3.63, 3.8) is 0 Å². The summed E-state index contributed by atoms with van der Waals surface area (Å²) in [5.74, 6) is 0. The minimum absolute atomic E-state index is 0.372. The van der Waals surface area contributed by atoms with Crippen molar-refractivity contribution in [2.75, 3.05) is 27.9 Å². The molecule has 108 valence electrons. The van der Waals surface area contributed by atoms with Crippen LogP contribution in [-0.4, -0.2) is 53.2 Å². The van der Waals surface area contributed by atoms with Crippen LogP contribution in [0.25, 0.3) is 0 Å². The predicted molar refractivity (Wildman–Crippen MR) is 68.1 cm³/mol. The molecule has 0 aromatic carbocycles. The average Bonchev–Trinajstić information content (AvgIpc) is 2.28. The van der Waals surface area contributed by atoms with Crippen LogP contribution in [0.1, 0.15) is 27.2 Å². The van der Waals surface area contributed by atoms with Gasteiger partial charge in [0.1, 0.15) is 6.09 Å². The van der Waals surface area contributed by atoms with Gasteiger partial charge in [0.15, 0.2) is 0 Å². The molecule has 0 aliphatic heterocycles. The molecular weight excluding hydrogens is 254 g/mol. The Labute approximate surface area is 110 Å². The molecule has 0 unspecified atom stereocenters. The molecule has 0 heterocycles. The summed E-state index contributed by atoms with van der Waals surface area (Å²) < 4.78 is 15.8. The molecule has 0 fully saturated rings. The predicted octanol–water partition coefficient (Wildman–Crippen LogP) is 0.698. The van der Waals surface area contributed by atoms with Crippen LogP contribution in [0.5, 0.6) is 0 Å². The number of carbonyl (C=O) groups is 1. The van der Waals surface area contributed by atoms with Gasteiger partial charge in [-0.05, 0) is 27.2 Å². The van der Waals surface area contributed by atoms with Crippen LogP contribution >= 0.6 is 0 Å². The van der Waals surface area contributed by atoms with Gasteiger partial charge in [0.25, 0.3) is 0 Å². The Kier molecular flexibility index (Phi) is 6.83. The fourth-order valence-electron chi connectivity index (χ4n) is 1.71. The van der Waals surface area contributed by atoms with E-state index in [2.05, 4.69) is 0 Å². The van der Waals surface area contributed by atoms with Crippen molar-refractivity contribution in [3.05, 3.63) is 0 Å². The Bertz CT molecular complexity index is 254. The molecule has 7 heteroatoms. The lowest BCUT2D eigenvalue weighted by atomic mass is 10.1. The third-order valence-corrected chi connectivity index (χ3v) is 5.66. The van der Waals surface area contributed by atoms with Gasteiger partial charge in [0.05, 0.1) is 0 Å². The normalized spacial score (nSPS) is 12.6. The lowest BCUT2D eigenvalue weighted by Crippen LogP contribution is -2.52. The second-order valence-corrected chi connectivity index (χ2v) is 8.08. The van der Waals surface area contributed by atoms with Gasteiger partial charge in [-0.3, -0.25) is 0 Å². The van der Waals surface area contributed by atoms with Crippen molar-refractivity contribution < 1.29 is 23.2 Å². The highest BCUT2D eigenvalue weighted by Gasteiger charge is 2.37. The topological polar surface area (TPSA) is 71.1 Å². The second kappa shape index (κ2) is 7.08. The molecule has 0 aromatic rings. The summed E-state index contributed by atoms with van der Waals surface area (Å²) in [4.78, 5) is 12.3. The van der Waals surface area contributed by atoms with Crippen molar-refractivity contribution in [2.24, 2.45) is 0 Å². The van der Waals surface area contributed by atoms with E-state index >= 15 is 0 Å². The van der Waals surface area contributed by atoms with E-state index in [4.69, 9.17) is 13.3 Å². The number of amides is 1. The van der Waals surface area contributed by atoms with Crippen molar-refractivity contribution in [1.29, 1.82) is 0 Å². The average molecular weight is 278 g/mol. The molecule has 0 radical (unpaired) electrons. The zero-order valence-electron chi connectivity index (χ0n) is 12.1. The molecule has 0 saturated heterocycles. The number of nitrogens with zero attached hydrogens (tertiary/aromatic N) is 1. The number of rotatable bonds is 7. The minimum Gasteiger partial charge on any atom is -0.530 e. The monoisotopic (exact) mass is 278 g/mol. The molecule has 0 aliphatic rings. The van der Waals surface area contributed by atoms with Crippen LogP contribution < -0.4 is 5.11 Å². The van der Waals surface area contributed by atoms with E-state index in [1.807, 2.05) is 20.8 Å². The van der Waals surface area contributed by atoms with E-state index in [9.17, 15) is 9.90 Å². The van der Waals surface area contributed by atoms with Crippen LogP contribution in [0, 0.1) is 0 Å². The molecule has 0 aromatic heterocycles. The van der Waals surface area contributed by atoms with E-state index in [0.717, 1.165) is 0 Å². The van der Waals surface area contributed by atoms with Crippen LogP contribution in [0.15, 0.2) is 0 Å². The Hall–Kier alpha value is -0.633. The first-order chi connectivity index (χ1) is 8.22. The molecular formula is C11H24NO5Si-. The van der Waals surface area contributed by atoms with Crippen LogP contribution in [-0.2, 0) is 13.3 Å². The second-order valence-electron chi connectivity index (χ2n) is 4.99. The van der Waals surface area contributed by atoms with Crippen molar-refractivity contribution in [3.8, 4) is 0 Å². The summed E-state index contributed by atoms with van der Waals surface area (Å²) >= 11 is 0. The summed E-state index contributed by atoms with van der Waals surface area (Å²) in [5, 5.41) is 11.0. The maximum atomic E-state index is 11.0. The van der Waals surface area contributed by atoms with Crippen molar-refractivity contribution in [1.82, 2.24) is 4.90 Å². The quantitative estimate of drug-likeness (QED) is 0.641. The number of carboxylic acid groups (broad SMARTS) is 1. The first-order valence-electron chi connectivity index (χ1n) is 5.86. The number of hydrogen-bond donors (Lipinski definition) is 0. The molecule has 0 rings (SSSR count). The van der Waals surface area contributed by atoms with Gasteiger partial charge in [0, 0.05) is 39.5 Å². The first kappa shape index (κ1) is 17.4. The van der Waals surface area contributed by atoms with Crippen molar-refractivity contribution >= 4 is 14.9 Å². The standard InChI is InChI=1S/C11H25NO5Si/c1-11(2,3)12(10(13)14)8-7-9-18(15-4,16-5)17-6/h7-9H2,1-6H3,(H,13,14)/p-1. The molecule has 0 atom stereocenters. The Morgan fingerprint density at radius 1 is 1.17 bits per heavy atom. The van der Waals surface area contributed by atoms with Crippen LogP contribution in [0.2, 0.25) is 6.04 Å². The van der Waals surface area contributed by atoms with E-state index in [0.29, 0.717) is 19.0 Å². The molecule has 0 bridgehead atoms. The van der Waals surface area contributed by atoms with Crippen LogP contribution in [0.3, 0.4) is 0 Å². The van der Waals surface area contributed by atoms with Gasteiger partial charge in [-0.2, -0.15) is 0 Å². The van der Waals surface area contributed by atoms with Gasteiger partial charge < -0.3 is 28.1 Å². The van der Waals surface area contributed by atoms with Crippen LogP contribution in [0.4, 0.5) is 4.79 Å². The third kappa shape index (κ3) is 4.93. The summed E-state index contributed by atoms with van der Waals surface area (Å²) in [5.41, 5.74) is -0.476. The van der Waals surface area contributed by atoms with Gasteiger partial charge in [-0.25, -0.2) is 0 Å². The Balaban J connectivity index is 4.43. The maximum Gasteiger partial charge on any atom is 0.500 e. The fourth-order valence-corrected chi connectivity index (χ4v) is 3.41. The van der Waals surface area contributed by atoms with E-state index in [1.165, 1.54) is 4.90 Å². The van der Waals surface area contributed by atoms with Gasteiger partial charge in [-0.15, -0.1) is 0 Å². The SMILES string of the molecule is CO[Si](CCCN(C(=O)[O-])C(C)(C)C)(OC)OC. The van der Waals surface area contributed by atoms with Gasteiger partial charge >= 0.3 is 8.80 Å². The van der Waals surface area contributed by atoms with E-state index < -0.39 is 20.4 Å².